The van der Waals surface area contributed by atoms with Gasteiger partial charge in [-0.3, -0.25) is 4.79 Å². The average Bonchev–Trinajstić information content (AvgIpc) is 2.61. The highest BCUT2D eigenvalue weighted by molar-refractivity contribution is 5.81. The lowest BCUT2D eigenvalue weighted by Gasteiger charge is -2.25. The van der Waals surface area contributed by atoms with Crippen molar-refractivity contribution in [1.29, 1.82) is 0 Å². The van der Waals surface area contributed by atoms with Crippen LogP contribution in [0.2, 0.25) is 0 Å². The van der Waals surface area contributed by atoms with Crippen LogP contribution in [-0.4, -0.2) is 49.6 Å². The normalized spacial score (nSPS) is 23.1. The molecule has 2 unspecified atom stereocenters. The Hall–Kier alpha value is -0.610. The van der Waals surface area contributed by atoms with Crippen LogP contribution >= 0.6 is 0 Å². The predicted molar refractivity (Wildman–Crippen MR) is 80.2 cm³/mol. The molecule has 1 rings (SSSR count). The Bertz CT molecular complexity index is 268. The smallest absolute Gasteiger partial charge is 0.236 e. The lowest BCUT2D eigenvalue weighted by Crippen LogP contribution is -2.48. The second kappa shape index (κ2) is 8.54. The molecule has 1 amide bonds. The summed E-state index contributed by atoms with van der Waals surface area (Å²) >= 11 is 0. The molecule has 4 nitrogen and oxygen atoms in total. The first-order valence-corrected chi connectivity index (χ1v) is 7.76. The standard InChI is InChI=1S/C15H31N3O/c1-5-18-9-6-7-13(8-10-18)17-14(11-12(2)3)15(19)16-4/h12-14,17H,5-11H2,1-4H3,(H,16,19). The van der Waals surface area contributed by atoms with E-state index in [2.05, 4.69) is 36.3 Å². The summed E-state index contributed by atoms with van der Waals surface area (Å²) in [5, 5.41) is 6.37. The molecule has 2 N–H and O–H groups in total. The molecule has 1 heterocycles. The Morgan fingerprint density at radius 1 is 1.32 bits per heavy atom. The Kier molecular flexibility index (Phi) is 7.39. The van der Waals surface area contributed by atoms with Crippen molar-refractivity contribution >= 4 is 5.91 Å². The molecule has 0 spiro atoms. The molecule has 4 heteroatoms. The number of nitrogens with one attached hydrogen (secondary N) is 2. The molecular formula is C15H31N3O. The van der Waals surface area contributed by atoms with Crippen molar-refractivity contribution in [1.82, 2.24) is 15.5 Å². The van der Waals surface area contributed by atoms with Crippen LogP contribution in [0, 0.1) is 5.92 Å². The maximum absolute atomic E-state index is 11.9. The highest BCUT2D eigenvalue weighted by Gasteiger charge is 2.23. The van der Waals surface area contributed by atoms with Crippen molar-refractivity contribution in [2.24, 2.45) is 5.92 Å². The number of amides is 1. The molecule has 0 aromatic carbocycles. The first-order valence-electron chi connectivity index (χ1n) is 7.76. The number of hydrogen-bond donors (Lipinski definition) is 2. The molecular weight excluding hydrogens is 238 g/mol. The minimum absolute atomic E-state index is 0.0387. The zero-order chi connectivity index (χ0) is 14.3. The number of carbonyl (C=O) groups is 1. The highest BCUT2D eigenvalue weighted by Crippen LogP contribution is 2.13. The molecule has 0 bridgehead atoms. The molecule has 0 aliphatic carbocycles. The third-order valence-corrected chi connectivity index (χ3v) is 3.97. The topological polar surface area (TPSA) is 44.4 Å². The van der Waals surface area contributed by atoms with Gasteiger partial charge in [0.25, 0.3) is 0 Å². The molecule has 112 valence electrons. The van der Waals surface area contributed by atoms with Gasteiger partial charge in [-0.2, -0.15) is 0 Å². The molecule has 2 atom stereocenters. The number of rotatable bonds is 6. The van der Waals surface area contributed by atoms with Gasteiger partial charge in [-0.25, -0.2) is 0 Å². The van der Waals surface area contributed by atoms with Crippen LogP contribution in [-0.2, 0) is 4.79 Å². The van der Waals surface area contributed by atoms with Crippen LogP contribution in [0.25, 0.3) is 0 Å². The fourth-order valence-electron chi connectivity index (χ4n) is 2.82. The van der Waals surface area contributed by atoms with E-state index in [-0.39, 0.29) is 11.9 Å². The largest absolute Gasteiger partial charge is 0.358 e. The maximum atomic E-state index is 11.9. The van der Waals surface area contributed by atoms with E-state index in [1.165, 1.54) is 19.4 Å². The molecule has 1 aliphatic heterocycles. The van der Waals surface area contributed by atoms with E-state index < -0.39 is 0 Å². The van der Waals surface area contributed by atoms with Gasteiger partial charge in [-0.15, -0.1) is 0 Å². The number of nitrogens with zero attached hydrogens (tertiary/aromatic N) is 1. The van der Waals surface area contributed by atoms with Crippen molar-refractivity contribution in [2.45, 2.75) is 58.5 Å². The molecule has 1 fully saturated rings. The molecule has 1 aliphatic rings. The first-order chi connectivity index (χ1) is 9.06. The molecule has 0 saturated carbocycles. The second-order valence-electron chi connectivity index (χ2n) is 6.03. The molecule has 0 aromatic heterocycles. The minimum Gasteiger partial charge on any atom is -0.358 e. The van der Waals surface area contributed by atoms with Gasteiger partial charge in [0.2, 0.25) is 5.91 Å². The lowest BCUT2D eigenvalue weighted by atomic mass is 10.0. The Morgan fingerprint density at radius 2 is 2.05 bits per heavy atom. The monoisotopic (exact) mass is 269 g/mol. The van der Waals surface area contributed by atoms with E-state index >= 15 is 0 Å². The fourth-order valence-corrected chi connectivity index (χ4v) is 2.82. The summed E-state index contributed by atoms with van der Waals surface area (Å²) in [5.74, 6) is 0.665. The van der Waals surface area contributed by atoms with Gasteiger partial charge >= 0.3 is 0 Å². The quantitative estimate of drug-likeness (QED) is 0.770. The third kappa shape index (κ3) is 5.91. The summed E-state index contributed by atoms with van der Waals surface area (Å²) in [4.78, 5) is 14.4. The van der Waals surface area contributed by atoms with Gasteiger partial charge in [0.15, 0.2) is 0 Å². The number of likely N-dealkylation sites (N-methyl/N-ethyl adjacent to an activating group) is 1. The maximum Gasteiger partial charge on any atom is 0.236 e. The van der Waals surface area contributed by atoms with Gasteiger partial charge < -0.3 is 15.5 Å². The molecule has 0 radical (unpaired) electrons. The van der Waals surface area contributed by atoms with Crippen molar-refractivity contribution in [3.8, 4) is 0 Å². The summed E-state index contributed by atoms with van der Waals surface area (Å²) in [5.41, 5.74) is 0. The first kappa shape index (κ1) is 16.4. The summed E-state index contributed by atoms with van der Waals surface area (Å²) in [6.45, 7) is 10.0. The minimum atomic E-state index is -0.0387. The average molecular weight is 269 g/mol. The van der Waals surface area contributed by atoms with Gasteiger partial charge in [-0.05, 0) is 51.2 Å². The van der Waals surface area contributed by atoms with E-state index in [0.29, 0.717) is 12.0 Å². The van der Waals surface area contributed by atoms with Crippen molar-refractivity contribution < 1.29 is 4.79 Å². The number of hydrogen-bond acceptors (Lipinski definition) is 3. The van der Waals surface area contributed by atoms with Gasteiger partial charge in [0, 0.05) is 13.1 Å². The molecule has 0 aromatic rings. The van der Waals surface area contributed by atoms with E-state index in [1.54, 1.807) is 7.05 Å². The van der Waals surface area contributed by atoms with Crippen LogP contribution in [0.15, 0.2) is 0 Å². The van der Waals surface area contributed by atoms with Crippen LogP contribution in [0.1, 0.15) is 46.5 Å². The fraction of sp³-hybridized carbons (Fsp3) is 0.933. The predicted octanol–water partition coefficient (Wildman–Crippen LogP) is 1.61. The van der Waals surface area contributed by atoms with Gasteiger partial charge in [0.1, 0.15) is 0 Å². The van der Waals surface area contributed by atoms with Crippen LogP contribution in [0.4, 0.5) is 0 Å². The van der Waals surface area contributed by atoms with Crippen LogP contribution in [0.5, 0.6) is 0 Å². The number of likely N-dealkylation sites (tertiary alicyclic amines) is 1. The van der Waals surface area contributed by atoms with E-state index in [9.17, 15) is 4.79 Å². The summed E-state index contributed by atoms with van der Waals surface area (Å²) in [6.07, 6.45) is 4.48. The highest BCUT2D eigenvalue weighted by atomic mass is 16.2. The Labute approximate surface area is 118 Å². The lowest BCUT2D eigenvalue weighted by molar-refractivity contribution is -0.123. The summed E-state index contributed by atoms with van der Waals surface area (Å²) in [7, 11) is 1.73. The zero-order valence-electron chi connectivity index (χ0n) is 13.0. The van der Waals surface area contributed by atoms with Crippen molar-refractivity contribution in [2.75, 3.05) is 26.7 Å². The van der Waals surface area contributed by atoms with Crippen LogP contribution < -0.4 is 10.6 Å². The third-order valence-electron chi connectivity index (χ3n) is 3.97. The van der Waals surface area contributed by atoms with Gasteiger partial charge in [0.05, 0.1) is 6.04 Å². The molecule has 1 saturated heterocycles. The van der Waals surface area contributed by atoms with Crippen molar-refractivity contribution in [3.05, 3.63) is 0 Å². The molecule has 19 heavy (non-hydrogen) atoms. The summed E-state index contributed by atoms with van der Waals surface area (Å²) < 4.78 is 0. The van der Waals surface area contributed by atoms with E-state index in [4.69, 9.17) is 0 Å². The van der Waals surface area contributed by atoms with E-state index in [1.807, 2.05) is 0 Å². The van der Waals surface area contributed by atoms with E-state index in [0.717, 1.165) is 25.9 Å². The van der Waals surface area contributed by atoms with Crippen molar-refractivity contribution in [3.63, 3.8) is 0 Å². The van der Waals surface area contributed by atoms with Crippen LogP contribution in [0.3, 0.4) is 0 Å². The number of carbonyl (C=O) groups excluding carboxylic acids is 1. The summed E-state index contributed by atoms with van der Waals surface area (Å²) in [6, 6.07) is 0.445. The Morgan fingerprint density at radius 3 is 2.63 bits per heavy atom. The Balaban J connectivity index is 2.50. The van der Waals surface area contributed by atoms with Gasteiger partial charge in [-0.1, -0.05) is 20.8 Å². The zero-order valence-corrected chi connectivity index (χ0v) is 13.0. The second-order valence-corrected chi connectivity index (χ2v) is 6.03. The SMILES string of the molecule is CCN1CCCC(NC(CC(C)C)C(=O)NC)CC1.